The summed E-state index contributed by atoms with van der Waals surface area (Å²) in [6.07, 6.45) is -1.88. The van der Waals surface area contributed by atoms with Crippen molar-refractivity contribution in [3.63, 3.8) is 0 Å². The molecule has 4 rings (SSSR count). The summed E-state index contributed by atoms with van der Waals surface area (Å²) in [6.45, 7) is 7.20. The molecule has 17 heteroatoms. The molecular formula is C27H31N5O12. The fraction of sp³-hybridized carbons (Fsp3) is 0.481. The summed E-state index contributed by atoms with van der Waals surface area (Å²) in [5, 5.41) is 5.72. The average Bonchev–Trinajstić information content (AvgIpc) is 3.37. The predicted octanol–water partition coefficient (Wildman–Crippen LogP) is 1.90. The second kappa shape index (κ2) is 12.7. The number of hydrogen-bond donors (Lipinski definition) is 2. The third kappa shape index (κ3) is 6.61. The van der Waals surface area contributed by atoms with Crippen LogP contribution in [0.2, 0.25) is 0 Å². The van der Waals surface area contributed by atoms with Gasteiger partial charge in [-0.15, -0.1) is 0 Å². The van der Waals surface area contributed by atoms with Crippen molar-refractivity contribution in [3.05, 3.63) is 22.6 Å². The van der Waals surface area contributed by atoms with Crippen molar-refractivity contribution >= 4 is 64.4 Å². The first-order valence-corrected chi connectivity index (χ1v) is 13.4. The van der Waals surface area contributed by atoms with Crippen LogP contribution in [0.3, 0.4) is 0 Å². The highest BCUT2D eigenvalue weighted by Gasteiger charge is 2.60. The molecule has 4 heterocycles. The zero-order chi connectivity index (χ0) is 32.3. The van der Waals surface area contributed by atoms with Crippen LogP contribution in [0.15, 0.2) is 22.1 Å². The molecule has 236 valence electrons. The van der Waals surface area contributed by atoms with Crippen LogP contribution in [0.25, 0.3) is 10.8 Å². The largest absolute Gasteiger partial charge is 0.463 e. The molecule has 2 aromatic rings. The quantitative estimate of drug-likeness (QED) is 0.234. The van der Waals surface area contributed by atoms with E-state index in [1.54, 1.807) is 13.8 Å². The lowest BCUT2D eigenvalue weighted by molar-refractivity contribution is -0.184. The number of ether oxygens (including phenoxy) is 6. The van der Waals surface area contributed by atoms with E-state index >= 15 is 0 Å². The molecule has 1 unspecified atom stereocenters. The van der Waals surface area contributed by atoms with E-state index in [1.807, 2.05) is 0 Å². The molecule has 2 N–H and O–H groups in total. The molecule has 0 bridgehead atoms. The summed E-state index contributed by atoms with van der Waals surface area (Å²) < 4.78 is 33.8. The van der Waals surface area contributed by atoms with Gasteiger partial charge >= 0.3 is 30.0 Å². The summed E-state index contributed by atoms with van der Waals surface area (Å²) in [6, 6.07) is 1.04. The van der Waals surface area contributed by atoms with Gasteiger partial charge in [0.15, 0.2) is 17.9 Å². The first-order chi connectivity index (χ1) is 20.7. The number of nitrogens with zero attached hydrogens (tertiary/aromatic N) is 3. The summed E-state index contributed by atoms with van der Waals surface area (Å²) in [7, 11) is 0. The van der Waals surface area contributed by atoms with Gasteiger partial charge in [-0.25, -0.2) is 9.79 Å². The average molecular weight is 618 g/mol. The Hall–Kier alpha value is -5.06. The Balaban J connectivity index is 1.81. The number of carbonyl (C=O) groups excluding carboxylic acids is 5. The summed E-state index contributed by atoms with van der Waals surface area (Å²) >= 11 is 0. The van der Waals surface area contributed by atoms with Gasteiger partial charge in [0, 0.05) is 38.4 Å². The number of rotatable bonds is 9. The SMILES string of the molecule is CC(=O)OCC1O[C@@H](n2cc3c(NC(=O)OCOC(=O)C(C)C)cc(=O)nc4c3c2N=CN4)[C@](C)(OC(C)=O)[C@@H]1OC(C)=O. The van der Waals surface area contributed by atoms with Gasteiger partial charge < -0.3 is 38.3 Å². The van der Waals surface area contributed by atoms with Crippen molar-refractivity contribution in [3.8, 4) is 0 Å². The van der Waals surface area contributed by atoms with Crippen LogP contribution in [-0.4, -0.2) is 77.1 Å². The maximum absolute atomic E-state index is 12.6. The van der Waals surface area contributed by atoms with Gasteiger partial charge in [0.25, 0.3) is 5.56 Å². The van der Waals surface area contributed by atoms with E-state index in [4.69, 9.17) is 28.4 Å². The highest BCUT2D eigenvalue weighted by Crippen LogP contribution is 2.48. The van der Waals surface area contributed by atoms with Gasteiger partial charge in [0.1, 0.15) is 24.3 Å². The Labute approximate surface area is 249 Å². The molecule has 0 aromatic carbocycles. The van der Waals surface area contributed by atoms with Crippen LogP contribution >= 0.6 is 0 Å². The van der Waals surface area contributed by atoms with Crippen LogP contribution in [0.4, 0.5) is 22.1 Å². The lowest BCUT2D eigenvalue weighted by Crippen LogP contribution is -2.50. The van der Waals surface area contributed by atoms with E-state index in [-0.39, 0.29) is 34.7 Å². The van der Waals surface area contributed by atoms with Crippen molar-refractivity contribution in [1.29, 1.82) is 0 Å². The van der Waals surface area contributed by atoms with Crippen LogP contribution in [-0.2, 0) is 47.6 Å². The Kier molecular flexibility index (Phi) is 9.17. The third-order valence-corrected chi connectivity index (χ3v) is 6.57. The van der Waals surface area contributed by atoms with Gasteiger partial charge in [0.2, 0.25) is 6.79 Å². The van der Waals surface area contributed by atoms with Gasteiger partial charge in [0.05, 0.1) is 23.3 Å². The van der Waals surface area contributed by atoms with Gasteiger partial charge in [-0.1, -0.05) is 13.8 Å². The van der Waals surface area contributed by atoms with E-state index in [0.29, 0.717) is 0 Å². The normalized spacial score (nSPS) is 21.8. The number of amides is 1. The molecule has 0 saturated carbocycles. The number of esters is 4. The molecule has 2 aliphatic rings. The van der Waals surface area contributed by atoms with Gasteiger partial charge in [-0.05, 0) is 6.92 Å². The molecule has 17 nitrogen and oxygen atoms in total. The smallest absolute Gasteiger partial charge is 0.414 e. The van der Waals surface area contributed by atoms with E-state index in [2.05, 4.69) is 20.6 Å². The Morgan fingerprint density at radius 1 is 1.09 bits per heavy atom. The zero-order valence-electron chi connectivity index (χ0n) is 24.7. The Bertz CT molecular complexity index is 1600. The van der Waals surface area contributed by atoms with Crippen LogP contribution in [0, 0.1) is 5.92 Å². The van der Waals surface area contributed by atoms with E-state index in [1.165, 1.54) is 30.9 Å². The Morgan fingerprint density at radius 3 is 2.45 bits per heavy atom. The molecule has 1 fully saturated rings. The molecule has 4 atom stereocenters. The fourth-order valence-corrected chi connectivity index (χ4v) is 4.82. The number of hydrogen-bond acceptors (Lipinski definition) is 15. The van der Waals surface area contributed by atoms with E-state index in [0.717, 1.165) is 19.9 Å². The summed E-state index contributed by atoms with van der Waals surface area (Å²) in [4.78, 5) is 81.3. The second-order valence-corrected chi connectivity index (χ2v) is 10.3. The van der Waals surface area contributed by atoms with Crippen molar-refractivity contribution in [2.75, 3.05) is 24.0 Å². The lowest BCUT2D eigenvalue weighted by Gasteiger charge is -2.34. The van der Waals surface area contributed by atoms with Gasteiger partial charge in [-0.2, -0.15) is 4.98 Å². The van der Waals surface area contributed by atoms with Crippen LogP contribution in [0.1, 0.15) is 47.8 Å². The van der Waals surface area contributed by atoms with E-state index < -0.39 is 72.3 Å². The molecule has 2 aromatic heterocycles. The molecule has 0 aliphatic carbocycles. The number of nitrogens with one attached hydrogen (secondary N) is 2. The zero-order valence-corrected chi connectivity index (χ0v) is 24.7. The maximum Gasteiger partial charge on any atom is 0.414 e. The van der Waals surface area contributed by atoms with E-state index in [9.17, 15) is 28.8 Å². The third-order valence-electron chi connectivity index (χ3n) is 6.57. The van der Waals surface area contributed by atoms with Crippen LogP contribution < -0.4 is 16.2 Å². The standard InChI is InChI=1S/C27H31N5O12/c1-12(2)24(37)40-11-41-26(38)30-17-7-19(36)31-22-20-16(17)8-32(23(20)29-10-28-22)25-27(6,44-15(5)35)21(42-14(4)34)18(43-25)9-39-13(3)33/h7-8,10,12,18,21,25H,9,11H2,1-6H3,(H,30,38)(H,28,29,31,36)/t18?,21-,25-,27-/m1/s1. The summed E-state index contributed by atoms with van der Waals surface area (Å²) in [5.74, 6) is -2.83. The molecule has 44 heavy (non-hydrogen) atoms. The number of aromatic nitrogens is 2. The minimum absolute atomic E-state index is 0.0528. The number of aliphatic imine (C=N–C) groups is 1. The highest BCUT2D eigenvalue weighted by molar-refractivity contribution is 6.12. The minimum Gasteiger partial charge on any atom is -0.463 e. The van der Waals surface area contributed by atoms with Crippen molar-refractivity contribution < 1.29 is 52.4 Å². The van der Waals surface area contributed by atoms with Crippen LogP contribution in [0.5, 0.6) is 0 Å². The topological polar surface area (TPSA) is 212 Å². The molecule has 2 aliphatic heterocycles. The molecular weight excluding hydrogens is 586 g/mol. The minimum atomic E-state index is -1.69. The maximum atomic E-state index is 12.6. The molecule has 0 radical (unpaired) electrons. The van der Waals surface area contributed by atoms with Crippen molar-refractivity contribution in [1.82, 2.24) is 9.55 Å². The predicted molar refractivity (Wildman–Crippen MR) is 150 cm³/mol. The first kappa shape index (κ1) is 31.9. The number of anilines is 2. The second-order valence-electron chi connectivity index (χ2n) is 10.3. The molecule has 1 saturated heterocycles. The van der Waals surface area contributed by atoms with Crippen molar-refractivity contribution in [2.24, 2.45) is 10.9 Å². The lowest BCUT2D eigenvalue weighted by atomic mass is 9.95. The highest BCUT2D eigenvalue weighted by atomic mass is 16.7. The molecule has 0 spiro atoms. The molecule has 1 amide bonds. The monoisotopic (exact) mass is 617 g/mol. The van der Waals surface area contributed by atoms with Crippen molar-refractivity contribution in [2.45, 2.75) is 65.6 Å². The van der Waals surface area contributed by atoms with Gasteiger partial charge in [-0.3, -0.25) is 29.3 Å². The Morgan fingerprint density at radius 2 is 1.82 bits per heavy atom. The number of carbonyl (C=O) groups is 5. The summed E-state index contributed by atoms with van der Waals surface area (Å²) in [5.41, 5.74) is -2.47. The fourth-order valence-electron chi connectivity index (χ4n) is 4.82. The first-order valence-electron chi connectivity index (χ1n) is 13.4.